The molecule has 1 atom stereocenters. The van der Waals surface area contributed by atoms with E-state index in [-0.39, 0.29) is 5.97 Å². The van der Waals surface area contributed by atoms with Gasteiger partial charge < -0.3 is 15.4 Å². The summed E-state index contributed by atoms with van der Waals surface area (Å²) in [5.74, 6) is -0.350. The number of benzene rings is 1. The number of carbonyl (C=O) groups is 1. The number of hydrogen-bond acceptors (Lipinski definition) is 3. The van der Waals surface area contributed by atoms with Crippen molar-refractivity contribution in [1.29, 1.82) is 0 Å². The van der Waals surface area contributed by atoms with Crippen LogP contribution in [0.25, 0.3) is 0 Å². The summed E-state index contributed by atoms with van der Waals surface area (Å²) in [5.41, 5.74) is 0.872. The molecule has 0 aliphatic heterocycles. The number of thiocarbonyl (C=S) groups is 1. The van der Waals surface area contributed by atoms with Gasteiger partial charge in [0, 0.05) is 5.69 Å². The van der Waals surface area contributed by atoms with E-state index in [0.29, 0.717) is 5.11 Å². The number of methoxy groups -OCH3 is 1. The van der Waals surface area contributed by atoms with Crippen molar-refractivity contribution in [2.75, 3.05) is 12.4 Å². The van der Waals surface area contributed by atoms with Crippen molar-refractivity contribution in [2.24, 2.45) is 0 Å². The summed E-state index contributed by atoms with van der Waals surface area (Å²) in [7, 11) is 1.34. The van der Waals surface area contributed by atoms with Gasteiger partial charge in [0.2, 0.25) is 0 Å². The fourth-order valence-electron chi connectivity index (χ4n) is 1.12. The molecule has 5 heteroatoms. The first-order valence-electron chi connectivity index (χ1n) is 4.84. The fraction of sp³-hybridized carbons (Fsp3) is 0.273. The first-order valence-corrected chi connectivity index (χ1v) is 5.24. The minimum atomic E-state index is -0.464. The molecule has 0 amide bonds. The highest BCUT2D eigenvalue weighted by molar-refractivity contribution is 7.80. The van der Waals surface area contributed by atoms with E-state index in [2.05, 4.69) is 15.4 Å². The Kier molecular flexibility index (Phi) is 4.72. The second-order valence-corrected chi connectivity index (χ2v) is 3.62. The molecule has 0 saturated carbocycles. The van der Waals surface area contributed by atoms with E-state index in [4.69, 9.17) is 12.2 Å². The largest absolute Gasteiger partial charge is 0.467 e. The number of ether oxygens (including phenoxy) is 1. The van der Waals surface area contributed by atoms with E-state index in [9.17, 15) is 4.79 Å². The van der Waals surface area contributed by atoms with E-state index in [1.807, 2.05) is 30.3 Å². The third-order valence-corrected chi connectivity index (χ3v) is 2.15. The molecule has 1 aromatic rings. The maximum atomic E-state index is 11.1. The van der Waals surface area contributed by atoms with E-state index in [1.54, 1.807) is 6.92 Å². The van der Waals surface area contributed by atoms with Crippen LogP contribution in [0.2, 0.25) is 0 Å². The van der Waals surface area contributed by atoms with E-state index in [0.717, 1.165) is 5.69 Å². The summed E-state index contributed by atoms with van der Waals surface area (Å²) >= 11 is 5.05. The summed E-state index contributed by atoms with van der Waals surface area (Å²) < 4.78 is 4.57. The molecular formula is C11H14N2O2S. The molecule has 1 rings (SSSR count). The van der Waals surface area contributed by atoms with E-state index in [1.165, 1.54) is 7.11 Å². The van der Waals surface area contributed by atoms with Gasteiger partial charge in [-0.25, -0.2) is 4.79 Å². The molecule has 4 nitrogen and oxygen atoms in total. The van der Waals surface area contributed by atoms with Crippen LogP contribution in [0.5, 0.6) is 0 Å². The summed E-state index contributed by atoms with van der Waals surface area (Å²) in [5, 5.41) is 6.18. The first-order chi connectivity index (χ1) is 7.63. The molecule has 0 heterocycles. The molecule has 2 N–H and O–H groups in total. The molecule has 1 unspecified atom stereocenters. The zero-order valence-corrected chi connectivity index (χ0v) is 10.0. The van der Waals surface area contributed by atoms with Crippen molar-refractivity contribution in [3.63, 3.8) is 0 Å². The number of carbonyl (C=O) groups excluding carboxylic acids is 1. The lowest BCUT2D eigenvalue weighted by molar-refractivity contribution is -0.142. The van der Waals surface area contributed by atoms with Gasteiger partial charge in [0.1, 0.15) is 6.04 Å². The Balaban J connectivity index is 2.45. The molecule has 0 saturated heterocycles. The van der Waals surface area contributed by atoms with Gasteiger partial charge in [-0.15, -0.1) is 0 Å². The Morgan fingerprint density at radius 1 is 1.38 bits per heavy atom. The highest BCUT2D eigenvalue weighted by Crippen LogP contribution is 2.04. The number of anilines is 1. The first kappa shape index (κ1) is 12.4. The number of esters is 1. The molecule has 16 heavy (non-hydrogen) atoms. The summed E-state index contributed by atoms with van der Waals surface area (Å²) in [4.78, 5) is 11.1. The number of para-hydroxylation sites is 1. The van der Waals surface area contributed by atoms with Crippen LogP contribution in [0.3, 0.4) is 0 Å². The Morgan fingerprint density at radius 3 is 2.56 bits per heavy atom. The highest BCUT2D eigenvalue weighted by Gasteiger charge is 2.13. The van der Waals surface area contributed by atoms with Gasteiger partial charge in [0.05, 0.1) is 7.11 Å². The topological polar surface area (TPSA) is 50.4 Å². The molecule has 1 aromatic carbocycles. The smallest absolute Gasteiger partial charge is 0.328 e. The van der Waals surface area contributed by atoms with Gasteiger partial charge in [-0.1, -0.05) is 18.2 Å². The van der Waals surface area contributed by atoms with Crippen LogP contribution < -0.4 is 10.6 Å². The lowest BCUT2D eigenvalue weighted by Crippen LogP contribution is -2.41. The highest BCUT2D eigenvalue weighted by atomic mass is 32.1. The molecule has 0 aliphatic rings. The summed E-state index contributed by atoms with van der Waals surface area (Å²) in [6, 6.07) is 9.02. The van der Waals surface area contributed by atoms with Gasteiger partial charge in [-0.05, 0) is 31.3 Å². The Morgan fingerprint density at radius 2 is 2.00 bits per heavy atom. The fourth-order valence-corrected chi connectivity index (χ4v) is 1.42. The predicted octanol–water partition coefficient (Wildman–Crippen LogP) is 1.53. The SMILES string of the molecule is COC(=O)C(C)NC(=S)Nc1ccccc1. The summed E-state index contributed by atoms with van der Waals surface area (Å²) in [6.07, 6.45) is 0. The molecule has 0 bridgehead atoms. The van der Waals surface area contributed by atoms with Crippen LogP contribution in [0, 0.1) is 0 Å². The van der Waals surface area contributed by atoms with Crippen LogP contribution in [-0.2, 0) is 9.53 Å². The second kappa shape index (κ2) is 6.07. The third kappa shape index (κ3) is 3.86. The lowest BCUT2D eigenvalue weighted by atomic mass is 10.3. The molecule has 86 valence electrons. The normalized spacial score (nSPS) is 11.4. The zero-order valence-electron chi connectivity index (χ0n) is 9.19. The van der Waals surface area contributed by atoms with Gasteiger partial charge in [0.15, 0.2) is 5.11 Å². The second-order valence-electron chi connectivity index (χ2n) is 3.21. The lowest BCUT2D eigenvalue weighted by Gasteiger charge is -2.14. The summed E-state index contributed by atoms with van der Waals surface area (Å²) in [6.45, 7) is 1.69. The van der Waals surface area contributed by atoms with Crippen molar-refractivity contribution < 1.29 is 9.53 Å². The van der Waals surface area contributed by atoms with Gasteiger partial charge >= 0.3 is 5.97 Å². The van der Waals surface area contributed by atoms with Gasteiger partial charge in [-0.2, -0.15) is 0 Å². The van der Waals surface area contributed by atoms with Crippen molar-refractivity contribution in [1.82, 2.24) is 5.32 Å². The standard InChI is InChI=1S/C11H14N2O2S/c1-8(10(14)15-2)12-11(16)13-9-6-4-3-5-7-9/h3-8H,1-2H3,(H2,12,13,16). The van der Waals surface area contributed by atoms with Crippen molar-refractivity contribution in [3.8, 4) is 0 Å². The predicted molar refractivity (Wildman–Crippen MR) is 67.3 cm³/mol. The number of rotatable bonds is 3. The monoisotopic (exact) mass is 238 g/mol. The molecule has 0 fully saturated rings. The van der Waals surface area contributed by atoms with Crippen molar-refractivity contribution in [3.05, 3.63) is 30.3 Å². The molecular weight excluding hydrogens is 224 g/mol. The quantitative estimate of drug-likeness (QED) is 0.618. The maximum absolute atomic E-state index is 11.1. The van der Waals surface area contributed by atoms with Gasteiger partial charge in [-0.3, -0.25) is 0 Å². The Bertz CT molecular complexity index is 368. The van der Waals surface area contributed by atoms with Crippen LogP contribution in [-0.4, -0.2) is 24.2 Å². The van der Waals surface area contributed by atoms with Crippen LogP contribution in [0.15, 0.2) is 30.3 Å². The van der Waals surface area contributed by atoms with Gasteiger partial charge in [0.25, 0.3) is 0 Å². The van der Waals surface area contributed by atoms with Crippen LogP contribution in [0.1, 0.15) is 6.92 Å². The molecule has 0 aliphatic carbocycles. The maximum Gasteiger partial charge on any atom is 0.328 e. The number of hydrogen-bond donors (Lipinski definition) is 2. The minimum absolute atomic E-state index is 0.350. The van der Waals surface area contributed by atoms with E-state index < -0.39 is 6.04 Å². The average Bonchev–Trinajstić information content (AvgIpc) is 2.29. The van der Waals surface area contributed by atoms with E-state index >= 15 is 0 Å². The zero-order chi connectivity index (χ0) is 12.0. The number of nitrogens with one attached hydrogen (secondary N) is 2. The van der Waals surface area contributed by atoms with Crippen LogP contribution >= 0.6 is 12.2 Å². The Hall–Kier alpha value is -1.62. The van der Waals surface area contributed by atoms with Crippen molar-refractivity contribution >= 4 is 29.0 Å². The third-order valence-electron chi connectivity index (χ3n) is 1.93. The molecule has 0 aromatic heterocycles. The average molecular weight is 238 g/mol. The van der Waals surface area contributed by atoms with Crippen molar-refractivity contribution in [2.45, 2.75) is 13.0 Å². The minimum Gasteiger partial charge on any atom is -0.467 e. The molecule has 0 radical (unpaired) electrons. The van der Waals surface area contributed by atoms with Crippen LogP contribution in [0.4, 0.5) is 5.69 Å². The molecule has 0 spiro atoms. The Labute approximate surface area is 100.0 Å².